The van der Waals surface area contributed by atoms with Crippen LogP contribution in [0.15, 0.2) is 42.5 Å². The summed E-state index contributed by atoms with van der Waals surface area (Å²) in [6, 6.07) is 12.3. The van der Waals surface area contributed by atoms with E-state index in [1.165, 1.54) is 4.90 Å². The fourth-order valence-corrected chi connectivity index (χ4v) is 3.71. The summed E-state index contributed by atoms with van der Waals surface area (Å²) in [7, 11) is 0. The Morgan fingerprint density at radius 2 is 1.74 bits per heavy atom. The molecule has 0 unspecified atom stereocenters. The van der Waals surface area contributed by atoms with Gasteiger partial charge in [-0.25, -0.2) is 9.48 Å². The van der Waals surface area contributed by atoms with Crippen LogP contribution < -0.4 is 10.6 Å². The standard InChI is InChI=1S/C26H31Cl2N5O2/c1-7-32(25(35)29-21-10-8-9-16(2)17(21)3)15-24(34)30-23-14-22(26(4,5)6)31-33(23)18-11-12-19(27)20(28)13-18/h8-14H,7,15H2,1-6H3,(H,29,35)(H,30,34). The molecule has 0 atom stereocenters. The number of nitrogens with zero attached hydrogens (tertiary/aromatic N) is 3. The number of anilines is 2. The number of carbonyl (C=O) groups excluding carboxylic acids is 2. The molecule has 35 heavy (non-hydrogen) atoms. The zero-order valence-electron chi connectivity index (χ0n) is 20.9. The van der Waals surface area contributed by atoms with Crippen LogP contribution in [0.4, 0.5) is 16.3 Å². The lowest BCUT2D eigenvalue weighted by molar-refractivity contribution is -0.116. The average molecular weight is 516 g/mol. The van der Waals surface area contributed by atoms with E-state index < -0.39 is 0 Å². The van der Waals surface area contributed by atoms with Crippen LogP contribution in [-0.4, -0.2) is 39.7 Å². The molecule has 2 aromatic carbocycles. The number of carbonyl (C=O) groups is 2. The molecule has 1 aromatic heterocycles. The van der Waals surface area contributed by atoms with Gasteiger partial charge < -0.3 is 15.5 Å². The second-order valence-corrected chi connectivity index (χ2v) is 10.2. The summed E-state index contributed by atoms with van der Waals surface area (Å²) < 4.78 is 1.62. The molecule has 1 heterocycles. The molecule has 2 N–H and O–H groups in total. The summed E-state index contributed by atoms with van der Waals surface area (Å²) in [6.07, 6.45) is 0. The van der Waals surface area contributed by atoms with Gasteiger partial charge in [-0.1, -0.05) is 56.1 Å². The number of halogens is 2. The van der Waals surface area contributed by atoms with Crippen LogP contribution in [0.3, 0.4) is 0 Å². The number of amides is 3. The number of likely N-dealkylation sites (N-methyl/N-ethyl adjacent to an activating group) is 1. The van der Waals surface area contributed by atoms with Crippen LogP contribution in [-0.2, 0) is 10.2 Å². The molecule has 7 nitrogen and oxygen atoms in total. The highest BCUT2D eigenvalue weighted by molar-refractivity contribution is 6.42. The zero-order chi connectivity index (χ0) is 25.9. The Morgan fingerprint density at radius 3 is 2.37 bits per heavy atom. The van der Waals surface area contributed by atoms with Gasteiger partial charge in [-0.05, 0) is 56.2 Å². The maximum Gasteiger partial charge on any atom is 0.322 e. The first kappa shape index (κ1) is 26.6. The van der Waals surface area contributed by atoms with Gasteiger partial charge >= 0.3 is 6.03 Å². The fourth-order valence-electron chi connectivity index (χ4n) is 3.41. The zero-order valence-corrected chi connectivity index (χ0v) is 22.4. The number of urea groups is 1. The summed E-state index contributed by atoms with van der Waals surface area (Å²) in [6.45, 7) is 12.1. The van der Waals surface area contributed by atoms with E-state index in [2.05, 4.69) is 10.6 Å². The van der Waals surface area contributed by atoms with E-state index in [0.29, 0.717) is 28.1 Å². The molecule has 0 spiro atoms. The Hall–Kier alpha value is -3.03. The third-order valence-electron chi connectivity index (χ3n) is 5.74. The van der Waals surface area contributed by atoms with Gasteiger partial charge in [0, 0.05) is 23.7 Å². The summed E-state index contributed by atoms with van der Waals surface area (Å²) >= 11 is 12.3. The molecule has 186 valence electrons. The molecule has 0 saturated heterocycles. The lowest BCUT2D eigenvalue weighted by Crippen LogP contribution is -2.40. The maximum atomic E-state index is 13.0. The van der Waals surface area contributed by atoms with Crippen molar-refractivity contribution in [3.05, 3.63) is 69.3 Å². The topological polar surface area (TPSA) is 79.3 Å². The highest BCUT2D eigenvalue weighted by atomic mass is 35.5. The largest absolute Gasteiger partial charge is 0.322 e. The second kappa shape index (κ2) is 10.7. The van der Waals surface area contributed by atoms with Crippen molar-refractivity contribution in [2.45, 2.75) is 47.0 Å². The maximum absolute atomic E-state index is 13.0. The number of hydrogen-bond acceptors (Lipinski definition) is 3. The first-order chi connectivity index (χ1) is 16.4. The molecule has 0 radical (unpaired) electrons. The van der Waals surface area contributed by atoms with Crippen LogP contribution >= 0.6 is 23.2 Å². The first-order valence-electron chi connectivity index (χ1n) is 11.4. The van der Waals surface area contributed by atoms with E-state index in [9.17, 15) is 9.59 Å². The molecule has 3 aromatic rings. The van der Waals surface area contributed by atoms with Gasteiger partial charge in [0.05, 0.1) is 21.4 Å². The van der Waals surface area contributed by atoms with Crippen LogP contribution in [0, 0.1) is 13.8 Å². The molecule has 3 amide bonds. The summed E-state index contributed by atoms with van der Waals surface area (Å²) in [5.41, 5.74) is 3.99. The van der Waals surface area contributed by atoms with Crippen molar-refractivity contribution in [1.29, 1.82) is 0 Å². The Morgan fingerprint density at radius 1 is 1.03 bits per heavy atom. The third-order valence-corrected chi connectivity index (χ3v) is 6.48. The van der Waals surface area contributed by atoms with E-state index in [4.69, 9.17) is 28.3 Å². The van der Waals surface area contributed by atoms with Crippen molar-refractivity contribution in [1.82, 2.24) is 14.7 Å². The lowest BCUT2D eigenvalue weighted by atomic mass is 9.92. The lowest BCUT2D eigenvalue weighted by Gasteiger charge is -2.22. The monoisotopic (exact) mass is 515 g/mol. The van der Waals surface area contributed by atoms with E-state index in [1.807, 2.05) is 65.8 Å². The van der Waals surface area contributed by atoms with Crippen LogP contribution in [0.1, 0.15) is 44.5 Å². The molecule has 3 rings (SSSR count). The molecule has 0 saturated carbocycles. The van der Waals surface area contributed by atoms with Crippen molar-refractivity contribution >= 4 is 46.6 Å². The third kappa shape index (κ3) is 6.35. The van der Waals surface area contributed by atoms with Gasteiger partial charge in [-0.15, -0.1) is 0 Å². The number of aromatic nitrogens is 2. The Bertz CT molecular complexity index is 1250. The van der Waals surface area contributed by atoms with Crippen molar-refractivity contribution in [3.63, 3.8) is 0 Å². The van der Waals surface area contributed by atoms with E-state index in [-0.39, 0.29) is 23.9 Å². The highest BCUT2D eigenvalue weighted by Crippen LogP contribution is 2.29. The number of benzene rings is 2. The van der Waals surface area contributed by atoms with E-state index in [1.54, 1.807) is 22.9 Å². The van der Waals surface area contributed by atoms with Crippen molar-refractivity contribution < 1.29 is 9.59 Å². The van der Waals surface area contributed by atoms with Crippen molar-refractivity contribution in [3.8, 4) is 5.69 Å². The Balaban J connectivity index is 1.81. The first-order valence-corrected chi connectivity index (χ1v) is 12.1. The summed E-state index contributed by atoms with van der Waals surface area (Å²) in [5, 5.41) is 11.3. The highest BCUT2D eigenvalue weighted by Gasteiger charge is 2.23. The minimum absolute atomic E-state index is 0.120. The molecular formula is C26H31Cl2N5O2. The second-order valence-electron chi connectivity index (χ2n) is 9.42. The van der Waals surface area contributed by atoms with Gasteiger partial charge in [-0.2, -0.15) is 5.10 Å². The van der Waals surface area contributed by atoms with Crippen molar-refractivity contribution in [2.75, 3.05) is 23.7 Å². The number of aryl methyl sites for hydroxylation is 1. The minimum Gasteiger partial charge on any atom is -0.315 e. The van der Waals surface area contributed by atoms with Crippen LogP contribution in [0.5, 0.6) is 0 Å². The number of rotatable bonds is 6. The Labute approximate surface area is 216 Å². The smallest absolute Gasteiger partial charge is 0.315 e. The number of nitrogens with one attached hydrogen (secondary N) is 2. The van der Waals surface area contributed by atoms with E-state index >= 15 is 0 Å². The van der Waals surface area contributed by atoms with Gasteiger partial charge in [0.15, 0.2) is 0 Å². The molecule has 0 aliphatic carbocycles. The molecule has 0 aliphatic heterocycles. The number of hydrogen-bond donors (Lipinski definition) is 2. The molecule has 9 heteroatoms. The van der Waals surface area contributed by atoms with Gasteiger partial charge in [0.2, 0.25) is 5.91 Å². The molecular weight excluding hydrogens is 485 g/mol. The van der Waals surface area contributed by atoms with Gasteiger partial charge in [-0.3, -0.25) is 4.79 Å². The minimum atomic E-state index is -0.343. The van der Waals surface area contributed by atoms with Gasteiger partial charge in [0.25, 0.3) is 0 Å². The molecule has 0 fully saturated rings. The van der Waals surface area contributed by atoms with Crippen molar-refractivity contribution in [2.24, 2.45) is 0 Å². The molecule has 0 bridgehead atoms. The van der Waals surface area contributed by atoms with Crippen LogP contribution in [0.2, 0.25) is 10.0 Å². The normalized spacial score (nSPS) is 11.3. The predicted molar refractivity (Wildman–Crippen MR) is 143 cm³/mol. The Kier molecular flexibility index (Phi) is 8.13. The van der Waals surface area contributed by atoms with E-state index in [0.717, 1.165) is 22.5 Å². The summed E-state index contributed by atoms with van der Waals surface area (Å²) in [5.74, 6) is 0.133. The van der Waals surface area contributed by atoms with Crippen LogP contribution in [0.25, 0.3) is 5.69 Å². The SMILES string of the molecule is CCN(CC(=O)Nc1cc(C(C)(C)C)nn1-c1ccc(Cl)c(Cl)c1)C(=O)Nc1cccc(C)c1C. The van der Waals surface area contributed by atoms with Gasteiger partial charge in [0.1, 0.15) is 12.4 Å². The summed E-state index contributed by atoms with van der Waals surface area (Å²) in [4.78, 5) is 27.3. The predicted octanol–water partition coefficient (Wildman–Crippen LogP) is 6.59. The fraction of sp³-hybridized carbons (Fsp3) is 0.346. The molecule has 0 aliphatic rings. The quantitative estimate of drug-likeness (QED) is 0.388. The average Bonchev–Trinajstić information content (AvgIpc) is 3.21.